The molecular weight excluding hydrogens is 281 g/mol. The van der Waals surface area contributed by atoms with Crippen LogP contribution in [0.2, 0.25) is 0 Å². The zero-order valence-electron chi connectivity index (χ0n) is 13.9. The number of ether oxygens (including phenoxy) is 1. The zero-order valence-corrected chi connectivity index (χ0v) is 13.9. The molecule has 0 saturated carbocycles. The molecule has 0 spiro atoms. The Morgan fingerprint density at radius 1 is 1.32 bits per heavy atom. The summed E-state index contributed by atoms with van der Waals surface area (Å²) in [7, 11) is -1.52. The Hall–Kier alpha value is -1.53. The minimum Gasteiger partial charge on any atom is -0.443 e. The fourth-order valence-corrected chi connectivity index (χ4v) is 2.64. The van der Waals surface area contributed by atoms with E-state index in [0.717, 1.165) is 17.7 Å². The minimum atomic E-state index is -1.52. The lowest BCUT2D eigenvalue weighted by Crippen LogP contribution is -2.44. The Morgan fingerprint density at radius 2 is 1.95 bits per heavy atom. The number of carbonyl (C=O) groups excluding carboxylic acids is 1. The maximum absolute atomic E-state index is 12.4. The van der Waals surface area contributed by atoms with E-state index >= 15 is 0 Å². The van der Waals surface area contributed by atoms with E-state index < -0.39 is 12.7 Å². The first-order valence-corrected chi connectivity index (χ1v) is 7.52. The molecule has 0 saturated heterocycles. The van der Waals surface area contributed by atoms with Gasteiger partial charge in [0.2, 0.25) is 0 Å². The van der Waals surface area contributed by atoms with Crippen molar-refractivity contribution in [3.8, 4) is 0 Å². The molecule has 0 radical (unpaired) electrons. The average Bonchev–Trinajstić information content (AvgIpc) is 2.36. The third kappa shape index (κ3) is 3.44. The molecule has 0 atom stereocenters. The molecule has 1 aliphatic heterocycles. The van der Waals surface area contributed by atoms with Crippen molar-refractivity contribution >= 4 is 24.4 Å². The van der Waals surface area contributed by atoms with Crippen LogP contribution in [-0.4, -0.2) is 35.4 Å². The fourth-order valence-electron chi connectivity index (χ4n) is 2.64. The van der Waals surface area contributed by atoms with Crippen molar-refractivity contribution < 1.29 is 19.6 Å². The second-order valence-electron chi connectivity index (χ2n) is 7.42. The molecule has 120 valence electrons. The van der Waals surface area contributed by atoms with Gasteiger partial charge in [0.1, 0.15) is 5.60 Å². The van der Waals surface area contributed by atoms with Crippen LogP contribution in [0.3, 0.4) is 0 Å². The van der Waals surface area contributed by atoms with Gasteiger partial charge in [-0.2, -0.15) is 0 Å². The number of anilines is 1. The first-order chi connectivity index (χ1) is 10.0. The standard InChI is InChI=1S/C16H24BNO4/c1-15(2,3)22-14(19)18-9-8-16(4,5)12-10-11(17(20)21)6-7-13(12)18/h6-7,10,20-21H,8-9H2,1-5H3. The first-order valence-electron chi connectivity index (χ1n) is 7.52. The van der Waals surface area contributed by atoms with Crippen LogP contribution in [-0.2, 0) is 10.2 Å². The summed E-state index contributed by atoms with van der Waals surface area (Å²) < 4.78 is 5.47. The van der Waals surface area contributed by atoms with Crippen molar-refractivity contribution in [3.05, 3.63) is 23.8 Å². The van der Waals surface area contributed by atoms with Crippen LogP contribution in [0.1, 0.15) is 46.6 Å². The van der Waals surface area contributed by atoms with Crippen LogP contribution in [0.4, 0.5) is 10.5 Å². The van der Waals surface area contributed by atoms with Gasteiger partial charge in [0.05, 0.1) is 5.69 Å². The lowest BCUT2D eigenvalue weighted by molar-refractivity contribution is 0.0574. The van der Waals surface area contributed by atoms with Crippen molar-refractivity contribution in [1.29, 1.82) is 0 Å². The molecule has 2 rings (SSSR count). The summed E-state index contributed by atoms with van der Waals surface area (Å²) in [6.07, 6.45) is 0.408. The van der Waals surface area contributed by atoms with Gasteiger partial charge in [0.15, 0.2) is 0 Å². The summed E-state index contributed by atoms with van der Waals surface area (Å²) in [4.78, 5) is 14.0. The van der Waals surface area contributed by atoms with Gasteiger partial charge >= 0.3 is 13.2 Å². The highest BCUT2D eigenvalue weighted by Gasteiger charge is 2.36. The molecule has 5 nitrogen and oxygen atoms in total. The van der Waals surface area contributed by atoms with Crippen LogP contribution >= 0.6 is 0 Å². The number of nitrogens with zero attached hydrogens (tertiary/aromatic N) is 1. The van der Waals surface area contributed by atoms with E-state index in [-0.39, 0.29) is 11.5 Å². The van der Waals surface area contributed by atoms with E-state index in [1.54, 1.807) is 23.1 Å². The molecule has 1 amide bonds. The van der Waals surface area contributed by atoms with Crippen LogP contribution in [0.15, 0.2) is 18.2 Å². The third-order valence-corrected chi connectivity index (χ3v) is 3.91. The number of hydrogen-bond donors (Lipinski definition) is 2. The quantitative estimate of drug-likeness (QED) is 0.776. The average molecular weight is 305 g/mol. The molecular formula is C16H24BNO4. The second kappa shape index (κ2) is 5.59. The predicted molar refractivity (Wildman–Crippen MR) is 87.5 cm³/mol. The van der Waals surface area contributed by atoms with E-state index in [9.17, 15) is 14.8 Å². The Kier molecular flexibility index (Phi) is 4.28. The van der Waals surface area contributed by atoms with Gasteiger partial charge in [-0.05, 0) is 49.7 Å². The number of benzene rings is 1. The summed E-state index contributed by atoms with van der Waals surface area (Å²) in [5.74, 6) is 0. The summed E-state index contributed by atoms with van der Waals surface area (Å²) >= 11 is 0. The number of fused-ring (bicyclic) bond motifs is 1. The lowest BCUT2D eigenvalue weighted by Gasteiger charge is -2.39. The van der Waals surface area contributed by atoms with Gasteiger partial charge in [-0.1, -0.05) is 26.0 Å². The number of amides is 1. The van der Waals surface area contributed by atoms with Gasteiger partial charge in [0, 0.05) is 6.54 Å². The van der Waals surface area contributed by atoms with Gasteiger partial charge in [-0.15, -0.1) is 0 Å². The predicted octanol–water partition coefficient (Wildman–Crippen LogP) is 1.79. The maximum Gasteiger partial charge on any atom is 0.488 e. The van der Waals surface area contributed by atoms with Crippen LogP contribution in [0, 0.1) is 0 Å². The van der Waals surface area contributed by atoms with E-state index in [4.69, 9.17) is 4.74 Å². The summed E-state index contributed by atoms with van der Waals surface area (Å²) in [5.41, 5.74) is 1.44. The highest BCUT2D eigenvalue weighted by atomic mass is 16.6. The molecule has 1 aromatic carbocycles. The van der Waals surface area contributed by atoms with Crippen LogP contribution in [0.5, 0.6) is 0 Å². The van der Waals surface area contributed by atoms with E-state index in [1.807, 2.05) is 20.8 Å². The largest absolute Gasteiger partial charge is 0.488 e. The molecule has 0 aromatic heterocycles. The number of hydrogen-bond acceptors (Lipinski definition) is 4. The fraction of sp³-hybridized carbons (Fsp3) is 0.562. The summed E-state index contributed by atoms with van der Waals surface area (Å²) in [5, 5.41) is 18.7. The molecule has 0 fully saturated rings. The van der Waals surface area contributed by atoms with Crippen molar-refractivity contribution in [2.45, 2.75) is 52.1 Å². The van der Waals surface area contributed by atoms with Crippen LogP contribution < -0.4 is 10.4 Å². The third-order valence-electron chi connectivity index (χ3n) is 3.91. The lowest BCUT2D eigenvalue weighted by atomic mass is 9.72. The van der Waals surface area contributed by atoms with E-state index in [0.29, 0.717) is 12.0 Å². The van der Waals surface area contributed by atoms with E-state index in [1.165, 1.54) is 0 Å². The summed E-state index contributed by atoms with van der Waals surface area (Å²) in [6.45, 7) is 10.3. The topological polar surface area (TPSA) is 70.0 Å². The van der Waals surface area contributed by atoms with Crippen molar-refractivity contribution in [3.63, 3.8) is 0 Å². The Balaban J connectivity index is 2.42. The van der Waals surface area contributed by atoms with Crippen molar-refractivity contribution in [2.75, 3.05) is 11.4 Å². The summed E-state index contributed by atoms with van der Waals surface area (Å²) in [6, 6.07) is 5.15. The van der Waals surface area contributed by atoms with Gasteiger partial charge in [-0.25, -0.2) is 4.79 Å². The highest BCUT2D eigenvalue weighted by Crippen LogP contribution is 2.39. The Morgan fingerprint density at radius 3 is 2.50 bits per heavy atom. The molecule has 0 bridgehead atoms. The molecule has 1 aromatic rings. The normalized spacial score (nSPS) is 17.0. The van der Waals surface area contributed by atoms with Gasteiger partial charge in [-0.3, -0.25) is 4.90 Å². The smallest absolute Gasteiger partial charge is 0.443 e. The monoisotopic (exact) mass is 305 g/mol. The van der Waals surface area contributed by atoms with Gasteiger partial charge in [0.25, 0.3) is 0 Å². The van der Waals surface area contributed by atoms with Crippen molar-refractivity contribution in [2.24, 2.45) is 0 Å². The van der Waals surface area contributed by atoms with Crippen molar-refractivity contribution in [1.82, 2.24) is 0 Å². The Labute approximate surface area is 132 Å². The molecule has 22 heavy (non-hydrogen) atoms. The minimum absolute atomic E-state index is 0.140. The zero-order chi connectivity index (χ0) is 16.7. The molecule has 2 N–H and O–H groups in total. The molecule has 6 heteroatoms. The Bertz CT molecular complexity index is 578. The number of carbonyl (C=O) groups is 1. The molecule has 0 unspecified atom stereocenters. The van der Waals surface area contributed by atoms with Crippen LogP contribution in [0.25, 0.3) is 0 Å². The first kappa shape index (κ1) is 16.8. The van der Waals surface area contributed by atoms with Gasteiger partial charge < -0.3 is 14.8 Å². The van der Waals surface area contributed by atoms with E-state index in [2.05, 4.69) is 13.8 Å². The molecule has 1 heterocycles. The maximum atomic E-state index is 12.4. The SMILES string of the molecule is CC(C)(C)OC(=O)N1CCC(C)(C)c2cc(B(O)O)ccc21. The number of rotatable bonds is 1. The highest BCUT2D eigenvalue weighted by molar-refractivity contribution is 6.58. The second-order valence-corrected chi connectivity index (χ2v) is 7.42. The molecule has 0 aliphatic carbocycles. The molecule has 1 aliphatic rings.